The number of benzene rings is 2. The first-order valence-electron chi connectivity index (χ1n) is 10.8. The number of aryl methyl sites for hydroxylation is 1. The summed E-state index contributed by atoms with van der Waals surface area (Å²) in [6.45, 7) is 3.54. The summed E-state index contributed by atoms with van der Waals surface area (Å²) in [5.74, 6) is -0.901. The molecule has 2 amide bonds. The van der Waals surface area contributed by atoms with Crippen LogP contribution >= 0.6 is 0 Å². The molecular formula is C25H22N2O4. The van der Waals surface area contributed by atoms with E-state index < -0.39 is 0 Å². The molecule has 0 radical (unpaired) electrons. The van der Waals surface area contributed by atoms with Gasteiger partial charge in [-0.15, -0.1) is 0 Å². The van der Waals surface area contributed by atoms with Crippen LogP contribution in [0.4, 0.5) is 5.69 Å². The molecule has 2 aliphatic heterocycles. The van der Waals surface area contributed by atoms with Gasteiger partial charge in [0.1, 0.15) is 6.10 Å². The number of hydrogen-bond acceptors (Lipinski definition) is 5. The number of oxime groups is 1. The van der Waals surface area contributed by atoms with Crippen molar-refractivity contribution in [3.05, 3.63) is 65.2 Å². The third-order valence-corrected chi connectivity index (χ3v) is 7.57. The number of ketones is 1. The van der Waals surface area contributed by atoms with Crippen molar-refractivity contribution in [3.63, 3.8) is 0 Å². The summed E-state index contributed by atoms with van der Waals surface area (Å²) >= 11 is 0. The van der Waals surface area contributed by atoms with Crippen molar-refractivity contribution < 1.29 is 19.2 Å². The molecule has 2 aromatic carbocycles. The van der Waals surface area contributed by atoms with Gasteiger partial charge in [0.25, 0.3) is 0 Å². The van der Waals surface area contributed by atoms with Crippen molar-refractivity contribution in [2.24, 2.45) is 34.7 Å². The molecule has 1 saturated heterocycles. The van der Waals surface area contributed by atoms with Crippen LogP contribution in [0.15, 0.2) is 53.7 Å². The Kier molecular flexibility index (Phi) is 3.79. The average molecular weight is 414 g/mol. The highest BCUT2D eigenvalue weighted by atomic mass is 16.6. The number of nitrogens with zero attached hydrogens (tertiary/aromatic N) is 2. The highest BCUT2D eigenvalue weighted by Gasteiger charge is 2.70. The Morgan fingerprint density at radius 1 is 0.935 bits per heavy atom. The fraction of sp³-hybridized carbons (Fsp3) is 0.360. The van der Waals surface area contributed by atoms with Gasteiger partial charge in [-0.05, 0) is 56.0 Å². The molecule has 2 aromatic rings. The predicted molar refractivity (Wildman–Crippen MR) is 114 cm³/mol. The zero-order chi connectivity index (χ0) is 21.4. The number of Topliss-reactive ketones (excluding diaryl/α,β-unsaturated/α-hetero) is 1. The summed E-state index contributed by atoms with van der Waals surface area (Å²) in [6.07, 6.45) is 0.684. The molecule has 2 heterocycles. The van der Waals surface area contributed by atoms with Crippen molar-refractivity contribution in [1.82, 2.24) is 0 Å². The molecule has 2 bridgehead atoms. The highest BCUT2D eigenvalue weighted by molar-refractivity contribution is 6.23. The largest absolute Gasteiger partial charge is 0.391 e. The van der Waals surface area contributed by atoms with Crippen LogP contribution in [-0.2, 0) is 14.4 Å². The van der Waals surface area contributed by atoms with E-state index in [9.17, 15) is 14.4 Å². The lowest BCUT2D eigenvalue weighted by atomic mass is 9.71. The molecule has 0 aromatic heterocycles. The third-order valence-electron chi connectivity index (χ3n) is 7.57. The van der Waals surface area contributed by atoms with Crippen LogP contribution in [-0.4, -0.2) is 29.4 Å². The predicted octanol–water partition coefficient (Wildman–Crippen LogP) is 3.37. The van der Waals surface area contributed by atoms with E-state index in [0.29, 0.717) is 11.3 Å². The van der Waals surface area contributed by atoms with Crippen LogP contribution in [0.25, 0.3) is 0 Å². The summed E-state index contributed by atoms with van der Waals surface area (Å²) in [6, 6.07) is 14.9. The van der Waals surface area contributed by atoms with E-state index in [2.05, 4.69) is 17.3 Å². The van der Waals surface area contributed by atoms with E-state index in [0.717, 1.165) is 17.7 Å². The van der Waals surface area contributed by atoms with Gasteiger partial charge in [-0.25, -0.2) is 0 Å². The molecule has 31 heavy (non-hydrogen) atoms. The number of rotatable bonds is 3. The van der Waals surface area contributed by atoms with E-state index >= 15 is 0 Å². The van der Waals surface area contributed by atoms with Gasteiger partial charge >= 0.3 is 0 Å². The van der Waals surface area contributed by atoms with Crippen molar-refractivity contribution in [2.45, 2.75) is 26.4 Å². The van der Waals surface area contributed by atoms with E-state index in [-0.39, 0.29) is 53.3 Å². The molecule has 4 aliphatic rings. The minimum Gasteiger partial charge on any atom is -0.391 e. The average Bonchev–Trinajstić information content (AvgIpc) is 3.49. The molecule has 0 unspecified atom stereocenters. The summed E-state index contributed by atoms with van der Waals surface area (Å²) < 4.78 is 0. The molecule has 156 valence electrons. The first kappa shape index (κ1) is 18.5. The SMILES string of the molecule is CC(=O)c1ccc(N2C(=O)[C@@H]3[C@H]4C[C@@H]([C@H]5C(c6ccc(C)cc6)=NO[C@@H]45)[C@H]3C2=O)cc1. The van der Waals surface area contributed by atoms with Gasteiger partial charge in [-0.1, -0.05) is 35.0 Å². The standard InChI is InChI=1S/C25H22N2O4/c1-12-3-5-15(6-4-12)22-21-17-11-18(23(21)31-26-22)20-19(17)24(29)27(25(20)30)16-9-7-14(8-10-16)13(2)28/h3-10,17-21,23H,11H2,1-2H3/t17-,18-,19-,20-,21+,23+/m1/s1. The Balaban J connectivity index is 1.32. The Labute approximate surface area is 179 Å². The summed E-state index contributed by atoms with van der Waals surface area (Å²) in [4.78, 5) is 45.5. The molecule has 6 atom stereocenters. The van der Waals surface area contributed by atoms with Crippen LogP contribution in [0.5, 0.6) is 0 Å². The smallest absolute Gasteiger partial charge is 0.238 e. The monoisotopic (exact) mass is 414 g/mol. The van der Waals surface area contributed by atoms with Crippen molar-refractivity contribution in [3.8, 4) is 0 Å². The van der Waals surface area contributed by atoms with Crippen molar-refractivity contribution >= 4 is 29.0 Å². The minimum absolute atomic E-state index is 0.00430. The second-order valence-corrected chi connectivity index (χ2v) is 9.17. The molecule has 6 heteroatoms. The number of carbonyl (C=O) groups is 3. The quantitative estimate of drug-likeness (QED) is 0.570. The number of amides is 2. The maximum atomic E-state index is 13.4. The summed E-state index contributed by atoms with van der Waals surface area (Å²) in [7, 11) is 0. The molecule has 0 spiro atoms. The highest BCUT2D eigenvalue weighted by Crippen LogP contribution is 2.62. The molecule has 6 nitrogen and oxygen atoms in total. The van der Waals surface area contributed by atoms with Crippen LogP contribution in [0.3, 0.4) is 0 Å². The normalized spacial score (nSPS) is 32.7. The van der Waals surface area contributed by atoms with Crippen molar-refractivity contribution in [1.29, 1.82) is 0 Å². The Hall–Kier alpha value is -3.28. The van der Waals surface area contributed by atoms with E-state index in [1.54, 1.807) is 24.3 Å². The zero-order valence-corrected chi connectivity index (χ0v) is 17.3. The first-order valence-corrected chi connectivity index (χ1v) is 10.8. The maximum Gasteiger partial charge on any atom is 0.238 e. The number of fused-ring (bicyclic) bond motifs is 8. The Morgan fingerprint density at radius 2 is 1.58 bits per heavy atom. The van der Waals surface area contributed by atoms with Gasteiger partial charge < -0.3 is 4.84 Å². The lowest BCUT2D eigenvalue weighted by Gasteiger charge is -2.29. The van der Waals surface area contributed by atoms with E-state index in [4.69, 9.17) is 4.84 Å². The molecule has 2 aliphatic carbocycles. The van der Waals surface area contributed by atoms with Crippen LogP contribution in [0.2, 0.25) is 0 Å². The number of anilines is 1. The second kappa shape index (κ2) is 6.36. The van der Waals surface area contributed by atoms with Gasteiger partial charge in [0.05, 0.1) is 23.2 Å². The maximum absolute atomic E-state index is 13.4. The lowest BCUT2D eigenvalue weighted by molar-refractivity contribution is -0.125. The number of carbonyl (C=O) groups excluding carboxylic acids is 3. The summed E-state index contributed by atoms with van der Waals surface area (Å²) in [5.41, 5.74) is 4.20. The lowest BCUT2D eigenvalue weighted by Crippen LogP contribution is -2.41. The molecule has 6 rings (SSSR count). The van der Waals surface area contributed by atoms with Gasteiger partial charge in [0.15, 0.2) is 5.78 Å². The number of hydrogen-bond donors (Lipinski definition) is 0. The van der Waals surface area contributed by atoms with Gasteiger partial charge in [0.2, 0.25) is 11.8 Å². The van der Waals surface area contributed by atoms with Gasteiger partial charge in [-0.2, -0.15) is 0 Å². The van der Waals surface area contributed by atoms with E-state index in [1.165, 1.54) is 17.4 Å². The molecule has 2 saturated carbocycles. The molecule has 0 N–H and O–H groups in total. The second-order valence-electron chi connectivity index (χ2n) is 9.17. The molecule has 3 fully saturated rings. The van der Waals surface area contributed by atoms with Gasteiger partial charge in [-0.3, -0.25) is 19.3 Å². The van der Waals surface area contributed by atoms with Crippen LogP contribution in [0, 0.1) is 36.5 Å². The third kappa shape index (κ3) is 2.44. The Morgan fingerprint density at radius 3 is 2.23 bits per heavy atom. The summed E-state index contributed by atoms with van der Waals surface area (Å²) in [5, 5.41) is 4.39. The van der Waals surface area contributed by atoms with Crippen LogP contribution in [0.1, 0.15) is 34.8 Å². The van der Waals surface area contributed by atoms with E-state index in [1.807, 2.05) is 19.1 Å². The first-order chi connectivity index (χ1) is 15.0. The van der Waals surface area contributed by atoms with Crippen LogP contribution < -0.4 is 4.90 Å². The zero-order valence-electron chi connectivity index (χ0n) is 17.3. The fourth-order valence-corrected chi connectivity index (χ4v) is 6.19. The fourth-order valence-electron chi connectivity index (χ4n) is 6.19. The minimum atomic E-state index is -0.348. The Bertz CT molecular complexity index is 1150. The topological polar surface area (TPSA) is 76.0 Å². The molecular weight excluding hydrogens is 392 g/mol. The van der Waals surface area contributed by atoms with Gasteiger partial charge in [0, 0.05) is 17.4 Å². The van der Waals surface area contributed by atoms with Crippen molar-refractivity contribution in [2.75, 3.05) is 4.90 Å². The number of imide groups is 1.